The van der Waals surface area contributed by atoms with Crippen LogP contribution in [0.4, 0.5) is 0 Å². The number of thioether (sulfide) groups is 1. The predicted octanol–water partition coefficient (Wildman–Crippen LogP) is 7.92. The molecule has 0 spiro atoms. The van der Waals surface area contributed by atoms with Crippen LogP contribution in [0.25, 0.3) is 11.2 Å². The van der Waals surface area contributed by atoms with Gasteiger partial charge >= 0.3 is 0 Å². The summed E-state index contributed by atoms with van der Waals surface area (Å²) >= 11 is 1.56. The molecule has 2 aromatic rings. The number of aliphatic hydroxyl groups excluding tert-OH is 1. The van der Waals surface area contributed by atoms with E-state index in [4.69, 9.17) is 23.0 Å². The van der Waals surface area contributed by atoms with Gasteiger partial charge < -0.3 is 23.1 Å². The highest BCUT2D eigenvalue weighted by Gasteiger charge is 2.55. The molecule has 1 saturated heterocycles. The third-order valence-electron chi connectivity index (χ3n) is 10.5. The molecule has 1 aliphatic rings. The van der Waals surface area contributed by atoms with Gasteiger partial charge in [-0.15, -0.1) is 0 Å². The summed E-state index contributed by atoms with van der Waals surface area (Å²) in [6.45, 7) is 34.4. The van der Waals surface area contributed by atoms with Gasteiger partial charge in [-0.05, 0) is 60.7 Å². The average Bonchev–Trinajstić information content (AvgIpc) is 3.42. The van der Waals surface area contributed by atoms with Crippen LogP contribution in [0.15, 0.2) is 12.7 Å². The van der Waals surface area contributed by atoms with Crippen molar-refractivity contribution in [2.45, 2.75) is 147 Å². The lowest BCUT2D eigenvalue weighted by atomic mass is 10.1. The van der Waals surface area contributed by atoms with Crippen molar-refractivity contribution in [1.82, 2.24) is 19.5 Å². The van der Waals surface area contributed by atoms with Crippen LogP contribution in [0.5, 0.6) is 0 Å². The Bertz CT molecular complexity index is 1270. The molecule has 3 rings (SSSR count). The first-order chi connectivity index (χ1) is 19.8. The van der Waals surface area contributed by atoms with Crippen LogP contribution in [0, 0.1) is 0 Å². The molecule has 0 bridgehead atoms. The molecule has 2 aromatic heterocycles. The van der Waals surface area contributed by atoms with Crippen molar-refractivity contribution in [1.29, 1.82) is 0 Å². The molecule has 1 N–H and O–H groups in total. The number of ether oxygens (including phenoxy) is 1. The number of hydrogen-bond donors (Lipinski definition) is 1. The average molecular weight is 685 g/mol. The van der Waals surface area contributed by atoms with Gasteiger partial charge in [-0.25, -0.2) is 15.0 Å². The molecule has 44 heavy (non-hydrogen) atoms. The third kappa shape index (κ3) is 7.89. The Balaban J connectivity index is 2.19. The van der Waals surface area contributed by atoms with Gasteiger partial charge in [-0.3, -0.25) is 4.57 Å². The molecular weight excluding hydrogens is 625 g/mol. The molecule has 0 radical (unpaired) electrons. The normalized spacial score (nSPS) is 23.5. The molecule has 5 atom stereocenters. The van der Waals surface area contributed by atoms with Crippen molar-refractivity contribution in [3.05, 3.63) is 18.3 Å². The molecule has 9 nitrogen and oxygen atoms in total. The lowest BCUT2D eigenvalue weighted by Gasteiger charge is -2.44. The minimum Gasteiger partial charge on any atom is -0.414 e. The molecule has 1 aliphatic heterocycles. The summed E-state index contributed by atoms with van der Waals surface area (Å²) in [4.78, 5) is 13.8. The Morgan fingerprint density at radius 3 is 1.86 bits per heavy atom. The maximum Gasteiger partial charge on any atom is 0.192 e. The number of aliphatic hydroxyl groups is 1. The first-order valence-corrected chi connectivity index (χ1v) is 26.0. The largest absolute Gasteiger partial charge is 0.414 e. The molecular formula is C31H60N4O5SSi3. The summed E-state index contributed by atoms with van der Waals surface area (Å²) < 4.78 is 30.3. The zero-order valence-corrected chi connectivity index (χ0v) is 34.0. The van der Waals surface area contributed by atoms with E-state index in [0.717, 1.165) is 0 Å². The highest BCUT2D eigenvalue weighted by atomic mass is 32.2. The van der Waals surface area contributed by atoms with E-state index in [1.54, 1.807) is 18.1 Å². The molecule has 252 valence electrons. The summed E-state index contributed by atoms with van der Waals surface area (Å²) in [6.07, 6.45) is 2.82. The minimum absolute atomic E-state index is 0.00525. The Morgan fingerprint density at radius 1 is 0.841 bits per heavy atom. The molecule has 1 unspecified atom stereocenters. The van der Waals surface area contributed by atoms with Crippen molar-refractivity contribution in [3.8, 4) is 0 Å². The van der Waals surface area contributed by atoms with E-state index in [0.29, 0.717) is 29.2 Å². The monoisotopic (exact) mass is 684 g/mol. The Hall–Kier alpha value is -0.649. The number of aromatic nitrogens is 4. The SMILES string of the molecule is CSCC(O)c1ncnc2c1ncn2[C@@H]1O[C@H](CO[Si](C)(C)C(C)(C)C)[C@@H](O[Si](C)(C)C(C)(C)C)[C@H]1O[Si](C)(C)C(C)(C)C. The molecule has 13 heteroatoms. The van der Waals surface area contributed by atoms with Crippen LogP contribution in [0.1, 0.15) is 80.3 Å². The van der Waals surface area contributed by atoms with Crippen LogP contribution in [-0.2, 0) is 18.0 Å². The Labute approximate surface area is 274 Å². The van der Waals surface area contributed by atoms with Crippen molar-refractivity contribution >= 4 is 47.9 Å². The molecule has 0 aromatic carbocycles. The van der Waals surface area contributed by atoms with E-state index < -0.39 is 43.4 Å². The second-order valence-electron chi connectivity index (χ2n) is 16.9. The van der Waals surface area contributed by atoms with Gasteiger partial charge in [0.2, 0.25) is 0 Å². The second kappa shape index (κ2) is 13.1. The van der Waals surface area contributed by atoms with Gasteiger partial charge in [0.15, 0.2) is 36.8 Å². The Kier molecular flexibility index (Phi) is 11.3. The fraction of sp³-hybridized carbons (Fsp3) is 0.839. The maximum absolute atomic E-state index is 10.8. The topological polar surface area (TPSA) is 101 Å². The lowest BCUT2D eigenvalue weighted by molar-refractivity contribution is -0.0470. The Morgan fingerprint density at radius 2 is 1.36 bits per heavy atom. The number of imidazole rings is 1. The summed E-state index contributed by atoms with van der Waals surface area (Å²) in [5, 5.41) is 10.9. The fourth-order valence-corrected chi connectivity index (χ4v) is 8.50. The summed E-state index contributed by atoms with van der Waals surface area (Å²) in [5.41, 5.74) is 1.71. The summed E-state index contributed by atoms with van der Waals surface area (Å²) in [6, 6.07) is 0. The van der Waals surface area contributed by atoms with Gasteiger partial charge in [0.05, 0.1) is 12.9 Å². The fourth-order valence-electron chi connectivity index (χ4n) is 4.41. The van der Waals surface area contributed by atoms with E-state index in [-0.39, 0.29) is 27.3 Å². The maximum atomic E-state index is 10.8. The highest BCUT2D eigenvalue weighted by Crippen LogP contribution is 2.47. The molecule has 0 saturated carbocycles. The van der Waals surface area contributed by atoms with Gasteiger partial charge in [-0.1, -0.05) is 62.3 Å². The molecule has 3 heterocycles. The van der Waals surface area contributed by atoms with Gasteiger partial charge in [0.1, 0.15) is 42.0 Å². The molecule has 0 amide bonds. The van der Waals surface area contributed by atoms with Gasteiger partial charge in [0, 0.05) is 5.75 Å². The first kappa shape index (κ1) is 37.8. The second-order valence-corrected chi connectivity index (χ2v) is 32.1. The number of rotatable bonds is 11. The summed E-state index contributed by atoms with van der Waals surface area (Å²) in [5.74, 6) is 0.519. The zero-order chi connectivity index (χ0) is 33.7. The van der Waals surface area contributed by atoms with Crippen LogP contribution in [-0.4, -0.2) is 86.5 Å². The van der Waals surface area contributed by atoms with E-state index in [1.165, 1.54) is 6.33 Å². The lowest BCUT2D eigenvalue weighted by Crippen LogP contribution is -2.54. The van der Waals surface area contributed by atoms with Crippen molar-refractivity contribution < 1.29 is 23.1 Å². The van der Waals surface area contributed by atoms with Crippen LogP contribution >= 0.6 is 11.8 Å². The molecule has 1 fully saturated rings. The quantitative estimate of drug-likeness (QED) is 0.237. The smallest absolute Gasteiger partial charge is 0.192 e. The number of fused-ring (bicyclic) bond motifs is 1. The van der Waals surface area contributed by atoms with Gasteiger partial charge in [0.25, 0.3) is 0 Å². The standard InChI is InChI=1S/C31H60N4O5SSi3/c1-29(2,3)42(11,12)37-17-22-25(39-43(13,14)30(4,5)6)26(40-44(15,16)31(7,8)9)28(38-22)35-20-34-24-23(21(36)18-41-10)32-19-33-27(24)35/h19-22,25-26,28,36H,17-18H2,1-16H3/t21?,22-,25-,26-,28-/m1/s1. The zero-order valence-electron chi connectivity index (χ0n) is 30.2. The highest BCUT2D eigenvalue weighted by molar-refractivity contribution is 7.98. The molecule has 0 aliphatic carbocycles. The summed E-state index contributed by atoms with van der Waals surface area (Å²) in [7, 11) is -6.64. The van der Waals surface area contributed by atoms with E-state index in [1.807, 2.05) is 10.8 Å². The first-order valence-electron chi connectivity index (χ1n) is 15.8. The van der Waals surface area contributed by atoms with E-state index in [2.05, 4.69) is 112 Å². The van der Waals surface area contributed by atoms with Crippen LogP contribution in [0.2, 0.25) is 54.4 Å². The van der Waals surface area contributed by atoms with Crippen molar-refractivity contribution in [2.75, 3.05) is 18.6 Å². The van der Waals surface area contributed by atoms with E-state index >= 15 is 0 Å². The number of nitrogens with zero attached hydrogens (tertiary/aromatic N) is 4. The van der Waals surface area contributed by atoms with Crippen molar-refractivity contribution in [2.24, 2.45) is 0 Å². The minimum atomic E-state index is -2.30. The number of hydrogen-bond acceptors (Lipinski definition) is 9. The van der Waals surface area contributed by atoms with Crippen LogP contribution < -0.4 is 0 Å². The predicted molar refractivity (Wildman–Crippen MR) is 190 cm³/mol. The van der Waals surface area contributed by atoms with E-state index in [9.17, 15) is 5.11 Å². The van der Waals surface area contributed by atoms with Gasteiger partial charge in [-0.2, -0.15) is 11.8 Å². The third-order valence-corrected chi connectivity index (χ3v) is 24.6. The van der Waals surface area contributed by atoms with Crippen molar-refractivity contribution in [3.63, 3.8) is 0 Å². The van der Waals surface area contributed by atoms with Crippen LogP contribution in [0.3, 0.4) is 0 Å².